The fourth-order valence-electron chi connectivity index (χ4n) is 2.50. The molecule has 2 rings (SSSR count). The first-order valence-electron chi connectivity index (χ1n) is 6.84. The lowest BCUT2D eigenvalue weighted by molar-refractivity contribution is -0.0182. The van der Waals surface area contributed by atoms with E-state index in [0.29, 0.717) is 13.1 Å². The van der Waals surface area contributed by atoms with Crippen molar-refractivity contribution < 1.29 is 14.3 Å². The van der Waals surface area contributed by atoms with Gasteiger partial charge >= 0.3 is 6.09 Å². The Morgan fingerprint density at radius 1 is 1.45 bits per heavy atom. The molecule has 5 heteroatoms. The number of methoxy groups -OCH3 is 1. The van der Waals surface area contributed by atoms with Crippen LogP contribution in [0, 0.1) is 0 Å². The Hall–Kier alpha value is -1.59. The highest BCUT2D eigenvalue weighted by atomic mass is 16.6. The van der Waals surface area contributed by atoms with Gasteiger partial charge in [-0.15, -0.1) is 0 Å². The Morgan fingerprint density at radius 2 is 2.15 bits per heavy atom. The zero-order chi connectivity index (χ0) is 14.6. The molecule has 2 unspecified atom stereocenters. The van der Waals surface area contributed by atoms with Gasteiger partial charge in [-0.05, 0) is 18.9 Å². The third-order valence-electron chi connectivity index (χ3n) is 3.96. The molecule has 0 aromatic heterocycles. The summed E-state index contributed by atoms with van der Waals surface area (Å²) in [7, 11) is 1.64. The van der Waals surface area contributed by atoms with Crippen LogP contribution in [0.3, 0.4) is 0 Å². The summed E-state index contributed by atoms with van der Waals surface area (Å²) in [5, 5.41) is 0. The van der Waals surface area contributed by atoms with Gasteiger partial charge in [0.1, 0.15) is 12.2 Å². The number of carbonyl (C=O) groups is 1. The van der Waals surface area contributed by atoms with Crippen LogP contribution in [0.2, 0.25) is 0 Å². The van der Waals surface area contributed by atoms with Gasteiger partial charge in [0.2, 0.25) is 0 Å². The van der Waals surface area contributed by atoms with Gasteiger partial charge in [0.15, 0.2) is 0 Å². The van der Waals surface area contributed by atoms with E-state index in [0.717, 1.165) is 12.0 Å². The molecule has 1 aromatic rings. The van der Waals surface area contributed by atoms with Crippen LogP contribution in [0.1, 0.15) is 18.9 Å². The van der Waals surface area contributed by atoms with Gasteiger partial charge in [-0.25, -0.2) is 4.79 Å². The Kier molecular flexibility index (Phi) is 4.62. The van der Waals surface area contributed by atoms with E-state index in [4.69, 9.17) is 15.2 Å². The van der Waals surface area contributed by atoms with Crippen LogP contribution in [0.25, 0.3) is 0 Å². The second kappa shape index (κ2) is 6.24. The van der Waals surface area contributed by atoms with E-state index in [1.165, 1.54) is 0 Å². The summed E-state index contributed by atoms with van der Waals surface area (Å²) in [4.78, 5) is 13.7. The maximum absolute atomic E-state index is 12.1. The summed E-state index contributed by atoms with van der Waals surface area (Å²) in [6, 6.07) is 9.51. The number of hydrogen-bond donors (Lipinski definition) is 1. The molecule has 1 saturated heterocycles. The van der Waals surface area contributed by atoms with Crippen molar-refractivity contribution in [3.63, 3.8) is 0 Å². The van der Waals surface area contributed by atoms with E-state index in [1.807, 2.05) is 37.3 Å². The minimum Gasteiger partial charge on any atom is -0.445 e. The van der Waals surface area contributed by atoms with Gasteiger partial charge in [0.25, 0.3) is 0 Å². The Bertz CT molecular complexity index is 450. The quantitative estimate of drug-likeness (QED) is 0.911. The van der Waals surface area contributed by atoms with Crippen molar-refractivity contribution in [2.24, 2.45) is 5.73 Å². The number of carbonyl (C=O) groups excluding carboxylic acids is 1. The van der Waals surface area contributed by atoms with Crippen LogP contribution in [0.4, 0.5) is 4.79 Å². The second-order valence-corrected chi connectivity index (χ2v) is 5.27. The van der Waals surface area contributed by atoms with Crippen LogP contribution >= 0.6 is 0 Å². The van der Waals surface area contributed by atoms with Crippen molar-refractivity contribution >= 4 is 6.09 Å². The lowest BCUT2D eigenvalue weighted by Gasteiger charge is -2.31. The molecule has 1 aliphatic heterocycles. The molecule has 2 N–H and O–H groups in total. The van der Waals surface area contributed by atoms with E-state index in [9.17, 15) is 4.79 Å². The average molecular weight is 278 g/mol. The molecule has 2 atom stereocenters. The summed E-state index contributed by atoms with van der Waals surface area (Å²) in [5.41, 5.74) is 6.49. The average Bonchev–Trinajstić information content (AvgIpc) is 2.92. The van der Waals surface area contributed by atoms with E-state index >= 15 is 0 Å². The fourth-order valence-corrected chi connectivity index (χ4v) is 2.50. The van der Waals surface area contributed by atoms with E-state index in [-0.39, 0.29) is 18.7 Å². The lowest BCUT2D eigenvalue weighted by Crippen LogP contribution is -2.50. The molecular formula is C15H22N2O3. The molecule has 1 aromatic carbocycles. The van der Waals surface area contributed by atoms with Crippen LogP contribution in [-0.2, 0) is 16.1 Å². The van der Waals surface area contributed by atoms with Crippen molar-refractivity contribution in [2.75, 3.05) is 20.2 Å². The Balaban J connectivity index is 1.88. The smallest absolute Gasteiger partial charge is 0.410 e. The molecule has 1 heterocycles. The van der Waals surface area contributed by atoms with Crippen molar-refractivity contribution in [3.8, 4) is 0 Å². The van der Waals surface area contributed by atoms with E-state index < -0.39 is 5.60 Å². The monoisotopic (exact) mass is 278 g/mol. The largest absolute Gasteiger partial charge is 0.445 e. The number of rotatable bonds is 4. The molecular weight excluding hydrogens is 256 g/mol. The topological polar surface area (TPSA) is 64.8 Å². The number of amides is 1. The van der Waals surface area contributed by atoms with Gasteiger partial charge in [-0.1, -0.05) is 30.3 Å². The summed E-state index contributed by atoms with van der Waals surface area (Å²) in [6.45, 7) is 3.29. The minimum atomic E-state index is -0.453. The molecule has 0 bridgehead atoms. The summed E-state index contributed by atoms with van der Waals surface area (Å²) >= 11 is 0. The second-order valence-electron chi connectivity index (χ2n) is 5.27. The van der Waals surface area contributed by atoms with Gasteiger partial charge < -0.3 is 20.1 Å². The Morgan fingerprint density at radius 3 is 2.70 bits per heavy atom. The standard InChI is InChI=1S/C15H22N2O3/c1-12(16)15(19-2)8-9-17(11-15)14(18)20-10-13-6-4-3-5-7-13/h3-7,12H,8-11,16H2,1-2H3. The van der Waals surface area contributed by atoms with Gasteiger partial charge in [-0.3, -0.25) is 0 Å². The highest BCUT2D eigenvalue weighted by Gasteiger charge is 2.43. The summed E-state index contributed by atoms with van der Waals surface area (Å²) in [5.74, 6) is 0. The van der Waals surface area contributed by atoms with Crippen molar-refractivity contribution in [1.29, 1.82) is 0 Å². The molecule has 0 saturated carbocycles. The number of nitrogens with two attached hydrogens (primary N) is 1. The molecule has 1 aliphatic rings. The zero-order valence-electron chi connectivity index (χ0n) is 12.0. The molecule has 110 valence electrons. The molecule has 0 aliphatic carbocycles. The van der Waals surface area contributed by atoms with Crippen molar-refractivity contribution in [1.82, 2.24) is 4.90 Å². The minimum absolute atomic E-state index is 0.126. The summed E-state index contributed by atoms with van der Waals surface area (Å²) in [6.07, 6.45) is 0.426. The molecule has 1 fully saturated rings. The van der Waals surface area contributed by atoms with Crippen molar-refractivity contribution in [2.45, 2.75) is 31.6 Å². The number of hydrogen-bond acceptors (Lipinski definition) is 4. The zero-order valence-corrected chi connectivity index (χ0v) is 12.0. The fraction of sp³-hybridized carbons (Fsp3) is 0.533. The normalized spacial score (nSPS) is 23.6. The SMILES string of the molecule is COC1(C(C)N)CCN(C(=O)OCc2ccccc2)C1. The maximum atomic E-state index is 12.1. The number of ether oxygens (including phenoxy) is 2. The number of benzene rings is 1. The predicted molar refractivity (Wildman–Crippen MR) is 76.2 cm³/mol. The van der Waals surface area contributed by atoms with Crippen molar-refractivity contribution in [3.05, 3.63) is 35.9 Å². The molecule has 5 nitrogen and oxygen atoms in total. The first-order valence-corrected chi connectivity index (χ1v) is 6.84. The first-order chi connectivity index (χ1) is 9.57. The van der Waals surface area contributed by atoms with Gasteiger partial charge in [-0.2, -0.15) is 0 Å². The maximum Gasteiger partial charge on any atom is 0.410 e. The van der Waals surface area contributed by atoms with Crippen LogP contribution in [0.5, 0.6) is 0 Å². The number of nitrogens with zero attached hydrogens (tertiary/aromatic N) is 1. The van der Waals surface area contributed by atoms with Gasteiger partial charge in [0.05, 0.1) is 6.54 Å². The molecule has 0 spiro atoms. The third-order valence-corrected chi connectivity index (χ3v) is 3.96. The molecule has 1 amide bonds. The first kappa shape index (κ1) is 14.8. The van der Waals surface area contributed by atoms with Crippen LogP contribution in [-0.4, -0.2) is 42.8 Å². The summed E-state index contributed by atoms with van der Waals surface area (Å²) < 4.78 is 10.8. The van der Waals surface area contributed by atoms with Crippen LogP contribution < -0.4 is 5.73 Å². The lowest BCUT2D eigenvalue weighted by atomic mass is 9.95. The predicted octanol–water partition coefficient (Wildman–Crippen LogP) is 1.76. The Labute approximate surface area is 119 Å². The third kappa shape index (κ3) is 3.11. The van der Waals surface area contributed by atoms with E-state index in [1.54, 1.807) is 12.0 Å². The number of likely N-dealkylation sites (tertiary alicyclic amines) is 1. The molecule has 0 radical (unpaired) electrons. The molecule has 20 heavy (non-hydrogen) atoms. The van der Waals surface area contributed by atoms with E-state index in [2.05, 4.69) is 0 Å². The van der Waals surface area contributed by atoms with Crippen LogP contribution in [0.15, 0.2) is 30.3 Å². The van der Waals surface area contributed by atoms with Gasteiger partial charge in [0, 0.05) is 19.7 Å². The highest BCUT2D eigenvalue weighted by Crippen LogP contribution is 2.28. The highest BCUT2D eigenvalue weighted by molar-refractivity contribution is 5.68.